The van der Waals surface area contributed by atoms with Crippen LogP contribution in [0.3, 0.4) is 0 Å². The van der Waals surface area contributed by atoms with E-state index in [4.69, 9.17) is 5.73 Å². The zero-order valence-electron chi connectivity index (χ0n) is 9.80. The average Bonchev–Trinajstić information content (AvgIpc) is 2.16. The van der Waals surface area contributed by atoms with Gasteiger partial charge in [0.15, 0.2) is 0 Å². The van der Waals surface area contributed by atoms with Gasteiger partial charge in [0, 0.05) is 24.5 Å². The summed E-state index contributed by atoms with van der Waals surface area (Å²) in [4.78, 5) is 1.94. The molecule has 0 radical (unpaired) electrons. The Labute approximate surface area is 96.3 Å². The summed E-state index contributed by atoms with van der Waals surface area (Å²) in [6.07, 6.45) is -0.868. The maximum Gasteiger partial charge on any atom is 0.0687 e. The van der Waals surface area contributed by atoms with Gasteiger partial charge in [-0.05, 0) is 38.1 Å². The fourth-order valence-electron chi connectivity index (χ4n) is 1.61. The summed E-state index contributed by atoms with van der Waals surface area (Å²) in [7, 11) is 0. The third-order valence-electron chi connectivity index (χ3n) is 2.23. The second kappa shape index (κ2) is 5.72. The fraction of sp³-hybridized carbons (Fsp3) is 0.500. The minimum absolute atomic E-state index is 0.434. The quantitative estimate of drug-likeness (QED) is 0.648. The topological polar surface area (TPSA) is 69.7 Å². The molecule has 0 aromatic heterocycles. The Hall–Kier alpha value is -1.26. The summed E-state index contributed by atoms with van der Waals surface area (Å²) in [5, 5.41) is 18.8. The lowest BCUT2D eigenvalue weighted by Gasteiger charge is -2.27. The Bertz CT molecular complexity index is 299. The van der Waals surface area contributed by atoms with Crippen molar-refractivity contribution in [2.24, 2.45) is 0 Å². The molecule has 1 aromatic carbocycles. The van der Waals surface area contributed by atoms with Crippen LogP contribution in [0.4, 0.5) is 11.4 Å². The van der Waals surface area contributed by atoms with E-state index in [1.807, 2.05) is 29.2 Å². The molecule has 0 aliphatic heterocycles. The SMILES string of the molecule is CC(O)CN(CC(C)O)c1ccc(N)cc1. The maximum atomic E-state index is 9.40. The van der Waals surface area contributed by atoms with Crippen LogP contribution >= 0.6 is 0 Å². The lowest BCUT2D eigenvalue weighted by atomic mass is 10.2. The summed E-state index contributed by atoms with van der Waals surface area (Å²) >= 11 is 0. The van der Waals surface area contributed by atoms with E-state index in [0.717, 1.165) is 5.69 Å². The molecule has 0 aliphatic rings. The van der Waals surface area contributed by atoms with Crippen LogP contribution in [-0.4, -0.2) is 35.5 Å². The highest BCUT2D eigenvalue weighted by Gasteiger charge is 2.11. The molecule has 2 unspecified atom stereocenters. The molecule has 0 heterocycles. The number of nitrogens with two attached hydrogens (primary N) is 1. The van der Waals surface area contributed by atoms with Gasteiger partial charge in [-0.25, -0.2) is 0 Å². The number of aliphatic hydroxyl groups is 2. The number of anilines is 2. The van der Waals surface area contributed by atoms with Gasteiger partial charge in [0.2, 0.25) is 0 Å². The van der Waals surface area contributed by atoms with E-state index < -0.39 is 12.2 Å². The third kappa shape index (κ3) is 4.08. The first-order valence-corrected chi connectivity index (χ1v) is 5.45. The molecule has 4 heteroatoms. The molecule has 2 atom stereocenters. The molecular formula is C12H20N2O2. The number of aliphatic hydroxyl groups excluding tert-OH is 2. The first-order valence-electron chi connectivity index (χ1n) is 5.45. The Balaban J connectivity index is 2.78. The lowest BCUT2D eigenvalue weighted by Crippen LogP contribution is -2.36. The number of benzene rings is 1. The van der Waals surface area contributed by atoms with Gasteiger partial charge in [0.1, 0.15) is 0 Å². The van der Waals surface area contributed by atoms with E-state index in [-0.39, 0.29) is 0 Å². The monoisotopic (exact) mass is 224 g/mol. The number of hydrogen-bond acceptors (Lipinski definition) is 4. The Morgan fingerprint density at radius 1 is 1.06 bits per heavy atom. The van der Waals surface area contributed by atoms with Gasteiger partial charge in [-0.15, -0.1) is 0 Å². The molecule has 1 aromatic rings. The Morgan fingerprint density at radius 3 is 1.88 bits per heavy atom. The summed E-state index contributed by atoms with van der Waals surface area (Å²) in [6.45, 7) is 4.45. The van der Waals surface area contributed by atoms with E-state index in [1.165, 1.54) is 0 Å². The minimum Gasteiger partial charge on any atom is -0.399 e. The molecular weight excluding hydrogens is 204 g/mol. The second-order valence-corrected chi connectivity index (χ2v) is 4.19. The minimum atomic E-state index is -0.434. The predicted molar refractivity (Wildman–Crippen MR) is 66.4 cm³/mol. The van der Waals surface area contributed by atoms with E-state index in [0.29, 0.717) is 18.8 Å². The smallest absolute Gasteiger partial charge is 0.0687 e. The fourth-order valence-corrected chi connectivity index (χ4v) is 1.61. The van der Waals surface area contributed by atoms with Crippen LogP contribution in [0.15, 0.2) is 24.3 Å². The summed E-state index contributed by atoms with van der Waals surface area (Å²) in [5.41, 5.74) is 7.27. The zero-order chi connectivity index (χ0) is 12.1. The van der Waals surface area contributed by atoms with Crippen molar-refractivity contribution in [3.63, 3.8) is 0 Å². The highest BCUT2D eigenvalue weighted by Crippen LogP contribution is 2.17. The van der Waals surface area contributed by atoms with Gasteiger partial charge in [-0.2, -0.15) is 0 Å². The van der Waals surface area contributed by atoms with Crippen molar-refractivity contribution < 1.29 is 10.2 Å². The first-order chi connectivity index (χ1) is 7.49. The van der Waals surface area contributed by atoms with Crippen molar-refractivity contribution in [1.29, 1.82) is 0 Å². The molecule has 0 spiro atoms. The third-order valence-corrected chi connectivity index (χ3v) is 2.23. The van der Waals surface area contributed by atoms with Crippen molar-refractivity contribution in [1.82, 2.24) is 0 Å². The van der Waals surface area contributed by atoms with Crippen molar-refractivity contribution in [3.8, 4) is 0 Å². The number of hydrogen-bond donors (Lipinski definition) is 3. The molecule has 4 N–H and O–H groups in total. The van der Waals surface area contributed by atoms with Crippen LogP contribution in [-0.2, 0) is 0 Å². The van der Waals surface area contributed by atoms with Gasteiger partial charge in [0.05, 0.1) is 12.2 Å². The number of nitrogen functional groups attached to an aromatic ring is 1. The van der Waals surface area contributed by atoms with Crippen molar-refractivity contribution in [2.75, 3.05) is 23.7 Å². The molecule has 0 aliphatic carbocycles. The van der Waals surface area contributed by atoms with Crippen LogP contribution in [0.1, 0.15) is 13.8 Å². The lowest BCUT2D eigenvalue weighted by molar-refractivity contribution is 0.178. The van der Waals surface area contributed by atoms with Gasteiger partial charge < -0.3 is 20.8 Å². The summed E-state index contributed by atoms with van der Waals surface area (Å²) in [6, 6.07) is 7.40. The summed E-state index contributed by atoms with van der Waals surface area (Å²) in [5.74, 6) is 0. The normalized spacial score (nSPS) is 14.5. The van der Waals surface area contributed by atoms with Crippen molar-refractivity contribution in [2.45, 2.75) is 26.1 Å². The van der Waals surface area contributed by atoms with Crippen molar-refractivity contribution >= 4 is 11.4 Å². The molecule has 16 heavy (non-hydrogen) atoms. The molecule has 1 rings (SSSR count). The molecule has 0 saturated heterocycles. The standard InChI is InChI=1S/C12H20N2O2/c1-9(15)7-14(8-10(2)16)12-5-3-11(13)4-6-12/h3-6,9-10,15-16H,7-8,13H2,1-2H3. The molecule has 0 amide bonds. The van der Waals surface area contributed by atoms with Gasteiger partial charge >= 0.3 is 0 Å². The van der Waals surface area contributed by atoms with Gasteiger partial charge in [-0.3, -0.25) is 0 Å². The second-order valence-electron chi connectivity index (χ2n) is 4.19. The van der Waals surface area contributed by atoms with E-state index in [1.54, 1.807) is 13.8 Å². The highest BCUT2D eigenvalue weighted by atomic mass is 16.3. The van der Waals surface area contributed by atoms with Gasteiger partial charge in [-0.1, -0.05) is 0 Å². The predicted octanol–water partition coefficient (Wildman–Crippen LogP) is 0.837. The van der Waals surface area contributed by atoms with Crippen LogP contribution < -0.4 is 10.6 Å². The van der Waals surface area contributed by atoms with Gasteiger partial charge in [0.25, 0.3) is 0 Å². The van der Waals surface area contributed by atoms with Crippen molar-refractivity contribution in [3.05, 3.63) is 24.3 Å². The van der Waals surface area contributed by atoms with Crippen LogP contribution in [0.2, 0.25) is 0 Å². The molecule has 0 fully saturated rings. The molecule has 90 valence electrons. The average molecular weight is 224 g/mol. The van der Waals surface area contributed by atoms with E-state index in [9.17, 15) is 10.2 Å². The van der Waals surface area contributed by atoms with Crippen LogP contribution in [0, 0.1) is 0 Å². The maximum absolute atomic E-state index is 9.40. The number of nitrogens with zero attached hydrogens (tertiary/aromatic N) is 1. The first kappa shape index (κ1) is 12.8. The molecule has 4 nitrogen and oxygen atoms in total. The van der Waals surface area contributed by atoms with E-state index >= 15 is 0 Å². The molecule has 0 saturated carbocycles. The largest absolute Gasteiger partial charge is 0.399 e. The highest BCUT2D eigenvalue weighted by molar-refractivity contribution is 5.53. The van der Waals surface area contributed by atoms with E-state index in [2.05, 4.69) is 0 Å². The number of rotatable bonds is 5. The Kier molecular flexibility index (Phi) is 4.58. The van der Waals surface area contributed by atoms with Crippen LogP contribution in [0.5, 0.6) is 0 Å². The Morgan fingerprint density at radius 2 is 1.50 bits per heavy atom. The molecule has 0 bridgehead atoms. The summed E-state index contributed by atoms with van der Waals surface area (Å²) < 4.78 is 0. The zero-order valence-corrected chi connectivity index (χ0v) is 9.80. The van der Waals surface area contributed by atoms with Crippen LogP contribution in [0.25, 0.3) is 0 Å².